The molecule has 2 heterocycles. The number of carbonyl (C=O) groups is 1. The van der Waals surface area contributed by atoms with Crippen LogP contribution in [0.4, 0.5) is 15.9 Å². The van der Waals surface area contributed by atoms with Crippen molar-refractivity contribution in [1.82, 2.24) is 9.88 Å². The van der Waals surface area contributed by atoms with Crippen molar-refractivity contribution in [2.24, 2.45) is 5.92 Å². The zero-order chi connectivity index (χ0) is 20.9. The van der Waals surface area contributed by atoms with Crippen LogP contribution in [0.1, 0.15) is 35.2 Å². The molecule has 1 aliphatic carbocycles. The van der Waals surface area contributed by atoms with Crippen LogP contribution in [0.15, 0.2) is 18.3 Å². The number of amides is 1. The van der Waals surface area contributed by atoms with Crippen LogP contribution in [-0.2, 0) is 5.41 Å². The Balaban J connectivity index is 1.85. The van der Waals surface area contributed by atoms with E-state index in [1.807, 2.05) is 0 Å². The molecule has 1 aromatic carbocycles. The number of benzene rings is 1. The Morgan fingerprint density at radius 2 is 2.21 bits per heavy atom. The number of aliphatic hydroxyl groups is 1. The highest BCUT2D eigenvalue weighted by Crippen LogP contribution is 2.53. The number of pyridine rings is 1. The second kappa shape index (κ2) is 7.15. The molecule has 2 atom stereocenters. The van der Waals surface area contributed by atoms with Gasteiger partial charge in [0, 0.05) is 61.2 Å². The Hall–Kier alpha value is -2.38. The molecule has 1 spiro atoms. The lowest BCUT2D eigenvalue weighted by Gasteiger charge is -2.25. The number of anilines is 2. The number of carbonyl (C=O) groups excluding carboxylic acids is 1. The second-order valence-corrected chi connectivity index (χ2v) is 8.60. The number of nitrogens with zero attached hydrogens (tertiary/aromatic N) is 2. The topological polar surface area (TPSA) is 91.5 Å². The highest BCUT2D eigenvalue weighted by molar-refractivity contribution is 6.34. The molecule has 6 nitrogen and oxygen atoms in total. The van der Waals surface area contributed by atoms with E-state index in [0.717, 1.165) is 24.8 Å². The van der Waals surface area contributed by atoms with Gasteiger partial charge in [-0.05, 0) is 37.3 Å². The molecule has 2 aromatic rings. The van der Waals surface area contributed by atoms with E-state index in [0.29, 0.717) is 22.9 Å². The van der Waals surface area contributed by atoms with Gasteiger partial charge in [-0.2, -0.15) is 0 Å². The van der Waals surface area contributed by atoms with Crippen molar-refractivity contribution in [3.8, 4) is 11.1 Å². The van der Waals surface area contributed by atoms with E-state index < -0.39 is 11.7 Å². The van der Waals surface area contributed by atoms with Gasteiger partial charge in [0.1, 0.15) is 11.6 Å². The molecule has 1 amide bonds. The second-order valence-electron chi connectivity index (χ2n) is 8.23. The summed E-state index contributed by atoms with van der Waals surface area (Å²) in [5.41, 5.74) is 7.10. The number of aliphatic hydroxyl groups excluding tert-OH is 1. The van der Waals surface area contributed by atoms with Crippen LogP contribution in [0.3, 0.4) is 0 Å². The first kappa shape index (κ1) is 19.9. The van der Waals surface area contributed by atoms with E-state index in [-0.39, 0.29) is 34.8 Å². The third-order valence-corrected chi connectivity index (χ3v) is 6.59. The minimum absolute atomic E-state index is 0.0786. The van der Waals surface area contributed by atoms with Crippen molar-refractivity contribution in [3.05, 3.63) is 40.3 Å². The first-order valence-electron chi connectivity index (χ1n) is 9.63. The van der Waals surface area contributed by atoms with Crippen LogP contribution in [0.5, 0.6) is 0 Å². The van der Waals surface area contributed by atoms with Gasteiger partial charge < -0.3 is 21.1 Å². The zero-order valence-corrected chi connectivity index (χ0v) is 17.2. The monoisotopic (exact) mass is 418 g/mol. The normalized spacial score (nSPS) is 22.6. The standard InChI is InChI=1S/C21H24ClFN4O2/c1-27(2)20(29)15-14(24)4-3-12(18(15)23)13-8-25-19-16(17(13)22)21(10-26-19)6-5-11(7-21)9-28/h3-4,8,11,28H,5-7,9-10,24H2,1-2H3,(H,25,26). The summed E-state index contributed by atoms with van der Waals surface area (Å²) in [6, 6.07) is 3.05. The summed E-state index contributed by atoms with van der Waals surface area (Å²) < 4.78 is 15.4. The maximum atomic E-state index is 15.4. The van der Waals surface area contributed by atoms with Crippen LogP contribution >= 0.6 is 11.6 Å². The molecule has 1 fully saturated rings. The van der Waals surface area contributed by atoms with E-state index in [9.17, 15) is 9.90 Å². The Kier molecular flexibility index (Phi) is 4.91. The highest BCUT2D eigenvalue weighted by atomic mass is 35.5. The quantitative estimate of drug-likeness (QED) is 0.665. The molecule has 2 aliphatic rings. The first-order chi connectivity index (χ1) is 13.8. The number of fused-ring (bicyclic) bond motifs is 2. The van der Waals surface area contributed by atoms with Gasteiger partial charge in [0.05, 0.1) is 10.6 Å². The fourth-order valence-corrected chi connectivity index (χ4v) is 5.10. The maximum Gasteiger partial charge on any atom is 0.258 e. The molecule has 4 N–H and O–H groups in total. The van der Waals surface area contributed by atoms with Gasteiger partial charge in [-0.3, -0.25) is 4.79 Å². The summed E-state index contributed by atoms with van der Waals surface area (Å²) in [7, 11) is 3.09. The molecular weight excluding hydrogens is 395 g/mol. The molecule has 0 saturated heterocycles. The lowest BCUT2D eigenvalue weighted by atomic mass is 9.80. The lowest BCUT2D eigenvalue weighted by Crippen LogP contribution is -2.26. The smallest absolute Gasteiger partial charge is 0.258 e. The molecular formula is C21H24ClFN4O2. The van der Waals surface area contributed by atoms with Gasteiger partial charge in [-0.25, -0.2) is 9.37 Å². The van der Waals surface area contributed by atoms with E-state index in [1.54, 1.807) is 14.1 Å². The molecule has 2 unspecified atom stereocenters. The number of halogens is 2. The molecule has 1 saturated carbocycles. The van der Waals surface area contributed by atoms with E-state index in [1.165, 1.54) is 23.2 Å². The third kappa shape index (κ3) is 3.04. The average molecular weight is 419 g/mol. The van der Waals surface area contributed by atoms with Crippen molar-refractivity contribution in [2.45, 2.75) is 24.7 Å². The summed E-state index contributed by atoms with van der Waals surface area (Å²) in [4.78, 5) is 18.2. The number of aromatic nitrogens is 1. The van der Waals surface area contributed by atoms with Crippen LogP contribution in [0.2, 0.25) is 5.02 Å². The molecule has 0 radical (unpaired) electrons. The predicted octanol–water partition coefficient (Wildman–Crippen LogP) is 3.28. The van der Waals surface area contributed by atoms with Crippen LogP contribution < -0.4 is 11.1 Å². The summed E-state index contributed by atoms with van der Waals surface area (Å²) in [5, 5.41) is 13.3. The van der Waals surface area contributed by atoms with E-state index in [4.69, 9.17) is 17.3 Å². The number of nitrogens with two attached hydrogens (primary N) is 1. The Bertz CT molecular complexity index is 997. The predicted molar refractivity (Wildman–Crippen MR) is 112 cm³/mol. The number of rotatable bonds is 3. The van der Waals surface area contributed by atoms with Gasteiger partial charge in [0.15, 0.2) is 0 Å². The summed E-state index contributed by atoms with van der Waals surface area (Å²) in [5.74, 6) is -0.281. The van der Waals surface area contributed by atoms with Crippen LogP contribution in [-0.4, -0.2) is 48.1 Å². The Morgan fingerprint density at radius 3 is 2.86 bits per heavy atom. The molecule has 154 valence electrons. The Morgan fingerprint density at radius 1 is 1.45 bits per heavy atom. The molecule has 8 heteroatoms. The minimum Gasteiger partial charge on any atom is -0.398 e. The summed E-state index contributed by atoms with van der Waals surface area (Å²) in [6.07, 6.45) is 4.14. The van der Waals surface area contributed by atoms with Gasteiger partial charge in [-0.1, -0.05) is 11.6 Å². The van der Waals surface area contributed by atoms with Crippen molar-refractivity contribution in [3.63, 3.8) is 0 Å². The van der Waals surface area contributed by atoms with Crippen molar-refractivity contribution < 1.29 is 14.3 Å². The van der Waals surface area contributed by atoms with Crippen molar-refractivity contribution in [1.29, 1.82) is 0 Å². The van der Waals surface area contributed by atoms with Crippen molar-refractivity contribution >= 4 is 29.0 Å². The fraction of sp³-hybridized carbons (Fsp3) is 0.429. The van der Waals surface area contributed by atoms with Gasteiger partial charge >= 0.3 is 0 Å². The number of nitrogens with one attached hydrogen (secondary N) is 1. The Labute approximate surface area is 173 Å². The average Bonchev–Trinajstić information content (AvgIpc) is 3.27. The van der Waals surface area contributed by atoms with Crippen LogP contribution in [0, 0.1) is 11.7 Å². The maximum absolute atomic E-state index is 15.4. The number of hydrogen-bond donors (Lipinski definition) is 3. The highest BCUT2D eigenvalue weighted by Gasteiger charge is 2.47. The summed E-state index contributed by atoms with van der Waals surface area (Å²) >= 11 is 6.82. The fourth-order valence-electron chi connectivity index (χ4n) is 4.66. The number of hydrogen-bond acceptors (Lipinski definition) is 5. The van der Waals surface area contributed by atoms with E-state index in [2.05, 4.69) is 10.3 Å². The summed E-state index contributed by atoms with van der Waals surface area (Å²) in [6.45, 7) is 0.841. The number of nitrogen functional groups attached to an aromatic ring is 1. The van der Waals surface area contributed by atoms with Gasteiger partial charge in [-0.15, -0.1) is 0 Å². The zero-order valence-electron chi connectivity index (χ0n) is 16.4. The molecule has 1 aliphatic heterocycles. The van der Waals surface area contributed by atoms with E-state index >= 15 is 4.39 Å². The molecule has 4 rings (SSSR count). The van der Waals surface area contributed by atoms with Gasteiger partial charge in [0.25, 0.3) is 5.91 Å². The SMILES string of the molecule is CN(C)C(=O)c1c(N)ccc(-c2cnc3c(c2Cl)C2(CCC(CO)C2)CN3)c1F. The first-order valence-corrected chi connectivity index (χ1v) is 10.0. The van der Waals surface area contributed by atoms with Crippen molar-refractivity contribution in [2.75, 3.05) is 38.3 Å². The van der Waals surface area contributed by atoms with Gasteiger partial charge in [0.2, 0.25) is 0 Å². The minimum atomic E-state index is -0.702. The largest absolute Gasteiger partial charge is 0.398 e. The van der Waals surface area contributed by atoms with Crippen LogP contribution in [0.25, 0.3) is 11.1 Å². The molecule has 29 heavy (non-hydrogen) atoms. The lowest BCUT2D eigenvalue weighted by molar-refractivity contribution is 0.0824. The third-order valence-electron chi connectivity index (χ3n) is 6.19. The molecule has 0 bridgehead atoms. The molecule has 1 aromatic heterocycles.